The van der Waals surface area contributed by atoms with Gasteiger partial charge < -0.3 is 14.2 Å². The zero-order valence-electron chi connectivity index (χ0n) is 19.2. The maximum atomic E-state index is 14.0. The molecule has 0 saturated carbocycles. The van der Waals surface area contributed by atoms with Gasteiger partial charge in [-0.25, -0.2) is 18.4 Å². The molecule has 14 heteroatoms. The number of hydrogen-bond donors (Lipinski definition) is 1. The van der Waals surface area contributed by atoms with Gasteiger partial charge in [0.25, 0.3) is 15.9 Å². The zero-order valence-corrected chi connectivity index (χ0v) is 20.7. The number of fused-ring (bicyclic) bond motifs is 1. The van der Waals surface area contributed by atoms with Gasteiger partial charge in [-0.2, -0.15) is 13.2 Å². The number of ether oxygens (including phenoxy) is 3. The Hall–Kier alpha value is -3.84. The van der Waals surface area contributed by atoms with E-state index in [9.17, 15) is 21.6 Å². The van der Waals surface area contributed by atoms with Crippen molar-refractivity contribution < 1.29 is 35.8 Å². The number of rotatable bonds is 8. The first-order chi connectivity index (χ1) is 17.5. The van der Waals surface area contributed by atoms with Gasteiger partial charge in [-0.15, -0.1) is 0 Å². The number of pyridine rings is 1. The molecule has 1 unspecified atom stereocenters. The van der Waals surface area contributed by atoms with Crippen LogP contribution in [0.15, 0.2) is 65.8 Å². The van der Waals surface area contributed by atoms with Gasteiger partial charge >= 0.3 is 6.18 Å². The van der Waals surface area contributed by atoms with Crippen LogP contribution in [0, 0.1) is 0 Å². The second-order valence-corrected chi connectivity index (χ2v) is 9.49. The maximum Gasteiger partial charge on any atom is 0.429 e. The molecule has 0 radical (unpaired) electrons. The lowest BCUT2D eigenvalue weighted by Gasteiger charge is -2.23. The summed E-state index contributed by atoms with van der Waals surface area (Å²) in [5.74, 6) is -0.875. The van der Waals surface area contributed by atoms with Crippen LogP contribution in [0.25, 0.3) is 11.0 Å². The van der Waals surface area contributed by atoms with Gasteiger partial charge in [0.2, 0.25) is 11.9 Å². The van der Waals surface area contributed by atoms with E-state index in [1.54, 1.807) is 0 Å². The molecule has 194 valence electrons. The van der Waals surface area contributed by atoms with E-state index < -0.39 is 34.0 Å². The fourth-order valence-corrected chi connectivity index (χ4v) is 4.85. The van der Waals surface area contributed by atoms with Gasteiger partial charge in [0.1, 0.15) is 4.90 Å². The van der Waals surface area contributed by atoms with Crippen molar-refractivity contribution in [2.45, 2.75) is 17.2 Å². The van der Waals surface area contributed by atoms with Crippen LogP contribution in [-0.4, -0.2) is 43.8 Å². The first-order valence-electron chi connectivity index (χ1n) is 10.4. The molecule has 0 aliphatic rings. The Bertz CT molecular complexity index is 1540. The van der Waals surface area contributed by atoms with Crippen molar-refractivity contribution >= 4 is 38.5 Å². The number of alkyl halides is 3. The molecule has 0 spiro atoms. The van der Waals surface area contributed by atoms with Crippen LogP contribution in [0.5, 0.6) is 17.4 Å². The summed E-state index contributed by atoms with van der Waals surface area (Å²) >= 11 is 6.03. The molecule has 0 saturated heterocycles. The molecule has 4 rings (SSSR count). The van der Waals surface area contributed by atoms with Gasteiger partial charge in [-0.05, 0) is 18.2 Å². The highest BCUT2D eigenvalue weighted by Crippen LogP contribution is 2.40. The Labute approximate surface area is 214 Å². The Morgan fingerprint density at radius 3 is 2.19 bits per heavy atom. The van der Waals surface area contributed by atoms with E-state index in [0.29, 0.717) is 0 Å². The summed E-state index contributed by atoms with van der Waals surface area (Å²) < 4.78 is 86.1. The van der Waals surface area contributed by atoms with Crippen LogP contribution in [0.3, 0.4) is 0 Å². The van der Waals surface area contributed by atoms with Gasteiger partial charge in [-0.1, -0.05) is 29.8 Å². The molecule has 0 bridgehead atoms. The van der Waals surface area contributed by atoms with Crippen LogP contribution in [0.1, 0.15) is 11.7 Å². The molecule has 4 aromatic rings. The third-order valence-corrected chi connectivity index (χ3v) is 6.85. The van der Waals surface area contributed by atoms with E-state index in [0.717, 1.165) is 6.20 Å². The van der Waals surface area contributed by atoms with Crippen LogP contribution in [0.4, 0.5) is 19.0 Å². The van der Waals surface area contributed by atoms with Gasteiger partial charge in [0.15, 0.2) is 11.5 Å². The van der Waals surface area contributed by atoms with Gasteiger partial charge in [-0.3, -0.25) is 9.71 Å². The summed E-state index contributed by atoms with van der Waals surface area (Å²) in [4.78, 5) is 11.7. The highest BCUT2D eigenvalue weighted by molar-refractivity contribution is 7.92. The summed E-state index contributed by atoms with van der Waals surface area (Å²) in [6, 6.07) is 10.8. The normalized spacial score (nSPS) is 12.7. The first-order valence-corrected chi connectivity index (χ1v) is 12.2. The average Bonchev–Trinajstić information content (AvgIpc) is 2.86. The minimum Gasteiger partial charge on any atom is -0.493 e. The molecule has 1 atom stereocenters. The molecule has 0 aliphatic heterocycles. The summed E-state index contributed by atoms with van der Waals surface area (Å²) in [5.41, 5.74) is -0.184. The quantitative estimate of drug-likeness (QED) is 0.317. The van der Waals surface area contributed by atoms with Crippen LogP contribution in [0.2, 0.25) is 5.02 Å². The third-order valence-electron chi connectivity index (χ3n) is 5.01. The maximum absolute atomic E-state index is 14.0. The molecule has 9 nitrogen and oxygen atoms in total. The first kappa shape index (κ1) is 26.2. The molecule has 1 N–H and O–H groups in total. The highest BCUT2D eigenvalue weighted by Gasteiger charge is 2.44. The predicted octanol–water partition coefficient (Wildman–Crippen LogP) is 5.18. The Morgan fingerprint density at radius 2 is 1.62 bits per heavy atom. The monoisotopic (exact) mass is 554 g/mol. The van der Waals surface area contributed by atoms with E-state index in [1.807, 2.05) is 0 Å². The molecule has 2 aromatic heterocycles. The summed E-state index contributed by atoms with van der Waals surface area (Å²) in [7, 11) is -1.68. The fourth-order valence-electron chi connectivity index (χ4n) is 3.33. The number of methoxy groups -OCH3 is 2. The fraction of sp³-hybridized carbons (Fsp3) is 0.174. The largest absolute Gasteiger partial charge is 0.493 e. The molecular weight excluding hydrogens is 537 g/mol. The van der Waals surface area contributed by atoms with Crippen molar-refractivity contribution in [1.29, 1.82) is 0 Å². The molecule has 2 heterocycles. The van der Waals surface area contributed by atoms with E-state index in [4.69, 9.17) is 25.8 Å². The van der Waals surface area contributed by atoms with Crippen molar-refractivity contribution in [1.82, 2.24) is 15.0 Å². The number of hydrogen-bond acceptors (Lipinski definition) is 8. The predicted molar refractivity (Wildman–Crippen MR) is 129 cm³/mol. The highest BCUT2D eigenvalue weighted by atomic mass is 35.5. The summed E-state index contributed by atoms with van der Waals surface area (Å²) in [6.45, 7) is 0. The Morgan fingerprint density at radius 1 is 0.973 bits per heavy atom. The zero-order chi connectivity index (χ0) is 26.8. The molecular formula is C23H18ClF3N4O5S. The summed E-state index contributed by atoms with van der Waals surface area (Å²) in [5, 5.41) is -0.110. The number of aromatic nitrogens is 3. The number of anilines is 1. The number of nitrogens with one attached hydrogen (secondary N) is 1. The Balaban J connectivity index is 1.89. The number of nitrogens with zero attached hydrogens (tertiary/aromatic N) is 3. The molecule has 37 heavy (non-hydrogen) atoms. The van der Waals surface area contributed by atoms with E-state index in [-0.39, 0.29) is 38.0 Å². The number of benzene rings is 2. The minimum atomic E-state index is -4.91. The standard InChI is InChI=1S/C23H18ClF3N4O5S/c1-34-17-10-15-16(11-18(17)35-2)30-22(36-20(23(25,26)27)13-6-5-9-28-12-13)21(29-15)31-37(32,33)19-8-4-3-7-14(19)24/h3-12,20H,1-2H3,(H,29,31). The molecule has 2 aromatic carbocycles. The van der Waals surface area contributed by atoms with Crippen molar-refractivity contribution in [2.24, 2.45) is 0 Å². The molecule has 0 aliphatic carbocycles. The number of halogens is 4. The second kappa shape index (κ2) is 10.3. The van der Waals surface area contributed by atoms with E-state index in [2.05, 4.69) is 19.7 Å². The van der Waals surface area contributed by atoms with Crippen molar-refractivity contribution in [3.8, 4) is 17.4 Å². The van der Waals surface area contributed by atoms with Crippen LogP contribution in [-0.2, 0) is 10.0 Å². The summed E-state index contributed by atoms with van der Waals surface area (Å²) in [6.07, 6.45) is -5.16. The van der Waals surface area contributed by atoms with Crippen LogP contribution < -0.4 is 18.9 Å². The van der Waals surface area contributed by atoms with Gasteiger partial charge in [0, 0.05) is 30.1 Å². The SMILES string of the molecule is COc1cc2nc(NS(=O)(=O)c3ccccc3Cl)c(OC(c3cccnc3)C(F)(F)F)nc2cc1OC. The van der Waals surface area contributed by atoms with E-state index in [1.165, 1.54) is 68.9 Å². The third kappa shape index (κ3) is 5.62. The molecule has 0 amide bonds. The minimum absolute atomic E-state index is 0.0560. The van der Waals surface area contributed by atoms with Crippen molar-refractivity contribution in [2.75, 3.05) is 18.9 Å². The second-order valence-electron chi connectivity index (χ2n) is 7.44. The van der Waals surface area contributed by atoms with Gasteiger partial charge in [0.05, 0.1) is 30.3 Å². The average molecular weight is 555 g/mol. The topological polar surface area (TPSA) is 113 Å². The lowest BCUT2D eigenvalue weighted by molar-refractivity contribution is -0.198. The molecule has 0 fully saturated rings. The van der Waals surface area contributed by atoms with Crippen LogP contribution >= 0.6 is 11.6 Å². The number of sulfonamides is 1. The lowest BCUT2D eigenvalue weighted by Crippen LogP contribution is -2.27. The smallest absolute Gasteiger partial charge is 0.429 e. The van der Waals surface area contributed by atoms with Crippen molar-refractivity contribution in [3.05, 3.63) is 71.5 Å². The van der Waals surface area contributed by atoms with Crippen molar-refractivity contribution in [3.63, 3.8) is 0 Å². The Kier molecular flexibility index (Phi) is 7.28. The lowest BCUT2D eigenvalue weighted by atomic mass is 10.1. The van der Waals surface area contributed by atoms with E-state index >= 15 is 0 Å².